The van der Waals surface area contributed by atoms with E-state index in [1.54, 1.807) is 4.31 Å². The van der Waals surface area contributed by atoms with Crippen molar-refractivity contribution in [3.05, 3.63) is 35.9 Å². The highest BCUT2D eigenvalue weighted by molar-refractivity contribution is 7.99. The second-order valence-electron chi connectivity index (χ2n) is 6.91. The first-order valence-corrected chi connectivity index (χ1v) is 12.5. The molecule has 0 bridgehead atoms. The first-order valence-electron chi connectivity index (χ1n) is 9.74. The van der Waals surface area contributed by atoms with Gasteiger partial charge < -0.3 is 10.2 Å². The van der Waals surface area contributed by atoms with E-state index in [1.165, 1.54) is 5.56 Å². The average Bonchev–Trinajstić information content (AvgIpc) is 3.19. The molecule has 8 heteroatoms. The lowest BCUT2D eigenvalue weighted by atomic mass is 9.99. The summed E-state index contributed by atoms with van der Waals surface area (Å²) in [5.41, 5.74) is 1.36. The molecule has 1 unspecified atom stereocenters. The Morgan fingerprint density at radius 2 is 1.96 bits per heavy atom. The molecule has 1 atom stereocenters. The molecule has 2 aliphatic rings. The van der Waals surface area contributed by atoms with E-state index in [0.29, 0.717) is 25.6 Å². The molecule has 0 radical (unpaired) electrons. The van der Waals surface area contributed by atoms with Crippen molar-refractivity contribution in [2.75, 3.05) is 56.5 Å². The van der Waals surface area contributed by atoms with E-state index < -0.39 is 10.0 Å². The third kappa shape index (κ3) is 5.62. The van der Waals surface area contributed by atoms with Crippen molar-refractivity contribution >= 4 is 27.7 Å². The molecule has 2 heterocycles. The monoisotopic (exact) mass is 410 g/mol. The SMILES string of the molecule is CCNC(=NCCS(=O)(=O)N1CCSCC1)N1CCC(c2ccccc2)C1. The average molecular weight is 411 g/mol. The van der Waals surface area contributed by atoms with Crippen molar-refractivity contribution in [2.45, 2.75) is 19.3 Å². The summed E-state index contributed by atoms with van der Waals surface area (Å²) in [6.45, 7) is 6.25. The van der Waals surface area contributed by atoms with Crippen LogP contribution in [0.3, 0.4) is 0 Å². The first-order chi connectivity index (χ1) is 13.1. The number of aliphatic imine (C=N–C) groups is 1. The first kappa shape index (κ1) is 20.5. The number of guanidine groups is 1. The van der Waals surface area contributed by atoms with E-state index in [0.717, 1.165) is 43.5 Å². The molecule has 0 aromatic heterocycles. The highest BCUT2D eigenvalue weighted by atomic mass is 32.2. The van der Waals surface area contributed by atoms with E-state index in [4.69, 9.17) is 0 Å². The van der Waals surface area contributed by atoms with E-state index in [2.05, 4.69) is 39.5 Å². The number of nitrogens with zero attached hydrogens (tertiary/aromatic N) is 3. The van der Waals surface area contributed by atoms with Gasteiger partial charge >= 0.3 is 0 Å². The Labute approximate surface area is 167 Å². The topological polar surface area (TPSA) is 65.0 Å². The molecule has 0 aliphatic carbocycles. The third-order valence-corrected chi connectivity index (χ3v) is 7.86. The highest BCUT2D eigenvalue weighted by Gasteiger charge is 2.27. The van der Waals surface area contributed by atoms with Gasteiger partial charge in [0, 0.05) is 50.1 Å². The minimum absolute atomic E-state index is 0.0858. The van der Waals surface area contributed by atoms with E-state index >= 15 is 0 Å². The van der Waals surface area contributed by atoms with E-state index in [-0.39, 0.29) is 5.75 Å². The van der Waals surface area contributed by atoms with Crippen LogP contribution in [0.15, 0.2) is 35.3 Å². The van der Waals surface area contributed by atoms with Crippen LogP contribution >= 0.6 is 11.8 Å². The zero-order valence-corrected chi connectivity index (χ0v) is 17.6. The van der Waals surface area contributed by atoms with Crippen molar-refractivity contribution in [3.8, 4) is 0 Å². The van der Waals surface area contributed by atoms with Crippen LogP contribution in [0.2, 0.25) is 0 Å². The van der Waals surface area contributed by atoms with Crippen LogP contribution in [0.1, 0.15) is 24.8 Å². The fourth-order valence-corrected chi connectivity index (χ4v) is 6.05. The van der Waals surface area contributed by atoms with Gasteiger partial charge in [-0.3, -0.25) is 4.99 Å². The molecule has 3 rings (SSSR count). The second kappa shape index (κ2) is 9.80. The molecule has 1 aromatic carbocycles. The number of sulfonamides is 1. The molecule has 0 saturated carbocycles. The number of thioether (sulfide) groups is 1. The van der Waals surface area contributed by atoms with Crippen molar-refractivity contribution in [1.82, 2.24) is 14.5 Å². The number of hydrogen-bond acceptors (Lipinski definition) is 4. The fraction of sp³-hybridized carbons (Fsp3) is 0.632. The van der Waals surface area contributed by atoms with Gasteiger partial charge in [0.2, 0.25) is 10.0 Å². The zero-order valence-electron chi connectivity index (χ0n) is 16.0. The molecular weight excluding hydrogens is 380 g/mol. The van der Waals surface area contributed by atoms with Gasteiger partial charge in [-0.2, -0.15) is 11.8 Å². The fourth-order valence-electron chi connectivity index (χ4n) is 3.60. The highest BCUT2D eigenvalue weighted by Crippen LogP contribution is 2.26. The Morgan fingerprint density at radius 3 is 2.67 bits per heavy atom. The third-order valence-electron chi connectivity index (χ3n) is 5.07. The Balaban J connectivity index is 1.58. The molecule has 27 heavy (non-hydrogen) atoms. The van der Waals surface area contributed by atoms with Gasteiger partial charge in [0.1, 0.15) is 0 Å². The number of nitrogens with one attached hydrogen (secondary N) is 1. The van der Waals surface area contributed by atoms with Crippen LogP contribution in [-0.4, -0.2) is 80.1 Å². The quantitative estimate of drug-likeness (QED) is 0.572. The molecule has 0 amide bonds. The summed E-state index contributed by atoms with van der Waals surface area (Å²) in [5.74, 6) is 3.20. The van der Waals surface area contributed by atoms with Gasteiger partial charge in [-0.1, -0.05) is 30.3 Å². The number of hydrogen-bond donors (Lipinski definition) is 1. The zero-order chi connectivity index (χ0) is 19.1. The van der Waals surface area contributed by atoms with Gasteiger partial charge in [-0.05, 0) is 18.9 Å². The molecular formula is C19H30N4O2S2. The molecule has 1 aromatic rings. The number of likely N-dealkylation sites (tertiary alicyclic amines) is 1. The van der Waals surface area contributed by atoms with Crippen molar-refractivity contribution in [1.29, 1.82) is 0 Å². The minimum Gasteiger partial charge on any atom is -0.357 e. The van der Waals surface area contributed by atoms with Crippen LogP contribution in [-0.2, 0) is 10.0 Å². The Morgan fingerprint density at radius 1 is 1.22 bits per heavy atom. The van der Waals surface area contributed by atoms with Gasteiger partial charge in [0.05, 0.1) is 12.3 Å². The minimum atomic E-state index is -3.20. The summed E-state index contributed by atoms with van der Waals surface area (Å²) < 4.78 is 26.6. The van der Waals surface area contributed by atoms with Crippen LogP contribution in [0.5, 0.6) is 0 Å². The molecule has 2 fully saturated rings. The lowest BCUT2D eigenvalue weighted by Gasteiger charge is -2.25. The lowest BCUT2D eigenvalue weighted by molar-refractivity contribution is 0.443. The van der Waals surface area contributed by atoms with Gasteiger partial charge in [-0.15, -0.1) is 0 Å². The molecule has 2 aliphatic heterocycles. The summed E-state index contributed by atoms with van der Waals surface area (Å²) in [6, 6.07) is 10.6. The standard InChI is InChI=1S/C19H30N4O2S2/c1-2-20-19(21-9-15-27(24,25)23-11-13-26-14-12-23)22-10-8-18(16-22)17-6-4-3-5-7-17/h3-7,18H,2,8-16H2,1H3,(H,20,21). The maximum Gasteiger partial charge on any atom is 0.215 e. The molecule has 2 saturated heterocycles. The van der Waals surface area contributed by atoms with Crippen LogP contribution in [0.25, 0.3) is 0 Å². The van der Waals surface area contributed by atoms with Crippen LogP contribution in [0.4, 0.5) is 0 Å². The summed E-state index contributed by atoms with van der Waals surface area (Å²) in [7, 11) is -3.20. The largest absolute Gasteiger partial charge is 0.357 e. The van der Waals surface area contributed by atoms with Crippen molar-refractivity contribution < 1.29 is 8.42 Å². The Hall–Kier alpha value is -1.25. The Bertz CT molecular complexity index is 718. The van der Waals surface area contributed by atoms with Gasteiger partial charge in [0.25, 0.3) is 0 Å². The smallest absolute Gasteiger partial charge is 0.215 e. The normalized spacial score (nSPS) is 22.2. The number of benzene rings is 1. The van der Waals surface area contributed by atoms with Crippen LogP contribution in [0, 0.1) is 0 Å². The van der Waals surface area contributed by atoms with Crippen molar-refractivity contribution in [3.63, 3.8) is 0 Å². The summed E-state index contributed by atoms with van der Waals surface area (Å²) in [4.78, 5) is 6.88. The predicted molar refractivity (Wildman–Crippen MR) is 114 cm³/mol. The Kier molecular flexibility index (Phi) is 7.43. The van der Waals surface area contributed by atoms with Crippen LogP contribution < -0.4 is 5.32 Å². The summed E-state index contributed by atoms with van der Waals surface area (Å²) in [5, 5.41) is 3.33. The molecule has 6 nitrogen and oxygen atoms in total. The van der Waals surface area contributed by atoms with Gasteiger partial charge in [-0.25, -0.2) is 12.7 Å². The van der Waals surface area contributed by atoms with Gasteiger partial charge in [0.15, 0.2) is 5.96 Å². The van der Waals surface area contributed by atoms with Crippen molar-refractivity contribution in [2.24, 2.45) is 4.99 Å². The summed E-state index contributed by atoms with van der Waals surface area (Å²) in [6.07, 6.45) is 1.10. The lowest BCUT2D eigenvalue weighted by Crippen LogP contribution is -2.41. The maximum atomic E-state index is 12.5. The number of rotatable bonds is 6. The second-order valence-corrected chi connectivity index (χ2v) is 10.2. The maximum absolute atomic E-state index is 12.5. The molecule has 0 spiro atoms. The van der Waals surface area contributed by atoms with E-state index in [9.17, 15) is 8.42 Å². The van der Waals surface area contributed by atoms with E-state index in [1.807, 2.05) is 24.8 Å². The predicted octanol–water partition coefficient (Wildman–Crippen LogP) is 1.82. The molecule has 150 valence electrons. The summed E-state index contributed by atoms with van der Waals surface area (Å²) >= 11 is 1.81. The molecule has 1 N–H and O–H groups in total.